The number of carbonyl (C=O) groups is 3. The molecule has 2 amide bonds. The summed E-state index contributed by atoms with van der Waals surface area (Å²) in [4.78, 5) is 39.8. The highest BCUT2D eigenvalue weighted by molar-refractivity contribution is 5.89. The van der Waals surface area contributed by atoms with E-state index in [4.69, 9.17) is 9.84 Å². The smallest absolute Gasteiger partial charge is 0.408 e. The normalized spacial score (nSPS) is 11.5. The first-order valence-electron chi connectivity index (χ1n) is 11.1. The maximum atomic E-state index is 13.1. The quantitative estimate of drug-likeness (QED) is 0.294. The van der Waals surface area contributed by atoms with Gasteiger partial charge in [0, 0.05) is 30.1 Å². The molecule has 4 aromatic rings. The van der Waals surface area contributed by atoms with Gasteiger partial charge in [0.2, 0.25) is 5.91 Å². The second-order valence-corrected chi connectivity index (χ2v) is 8.04. The molecule has 0 unspecified atom stereocenters. The molecule has 4 rings (SSSR count). The van der Waals surface area contributed by atoms with Crippen LogP contribution < -0.4 is 10.6 Å². The van der Waals surface area contributed by atoms with Crippen LogP contribution in [0.15, 0.2) is 85.1 Å². The average Bonchev–Trinajstić information content (AvgIpc) is 3.29. The third-order valence-electron chi connectivity index (χ3n) is 5.59. The van der Waals surface area contributed by atoms with Crippen LogP contribution in [0.3, 0.4) is 0 Å². The fourth-order valence-corrected chi connectivity index (χ4v) is 3.71. The van der Waals surface area contributed by atoms with Crippen LogP contribution in [0.4, 0.5) is 4.79 Å². The average molecular weight is 472 g/mol. The van der Waals surface area contributed by atoms with Gasteiger partial charge in [-0.15, -0.1) is 0 Å². The minimum atomic E-state index is -1.02. The van der Waals surface area contributed by atoms with Crippen molar-refractivity contribution < 1.29 is 24.2 Å². The molecule has 8 heteroatoms. The van der Waals surface area contributed by atoms with E-state index in [0.29, 0.717) is 0 Å². The van der Waals surface area contributed by atoms with Crippen molar-refractivity contribution in [3.05, 3.63) is 107 Å². The van der Waals surface area contributed by atoms with Crippen molar-refractivity contribution in [2.24, 2.45) is 0 Å². The third kappa shape index (κ3) is 6.26. The number of alkyl carbamates (subject to hydrolysis) is 1. The summed E-state index contributed by atoms with van der Waals surface area (Å²) in [5.74, 6) is -1.40. The monoisotopic (exact) mass is 471 g/mol. The minimum Gasteiger partial charge on any atom is -0.478 e. The van der Waals surface area contributed by atoms with Crippen molar-refractivity contribution in [2.75, 3.05) is 0 Å². The Balaban J connectivity index is 1.44. The number of amides is 2. The molecule has 0 aliphatic heterocycles. The second kappa shape index (κ2) is 11.0. The van der Waals surface area contributed by atoms with Gasteiger partial charge in [0.05, 0.1) is 5.56 Å². The number of aromatic amines is 1. The Hall–Kier alpha value is -4.59. The maximum absolute atomic E-state index is 13.1. The lowest BCUT2D eigenvalue weighted by Gasteiger charge is -2.18. The largest absolute Gasteiger partial charge is 0.478 e. The molecule has 3 aromatic carbocycles. The first kappa shape index (κ1) is 23.6. The lowest BCUT2D eigenvalue weighted by molar-refractivity contribution is -0.123. The van der Waals surface area contributed by atoms with E-state index in [0.717, 1.165) is 27.6 Å². The Labute approximate surface area is 201 Å². The summed E-state index contributed by atoms with van der Waals surface area (Å²) >= 11 is 0. The predicted octanol–water partition coefficient (Wildman–Crippen LogP) is 4.02. The number of benzene rings is 3. The summed E-state index contributed by atoms with van der Waals surface area (Å²) < 4.78 is 5.32. The zero-order chi connectivity index (χ0) is 24.6. The molecule has 1 aromatic heterocycles. The van der Waals surface area contributed by atoms with Crippen LogP contribution in [0, 0.1) is 0 Å². The van der Waals surface area contributed by atoms with Gasteiger partial charge in [0.1, 0.15) is 12.6 Å². The second-order valence-electron chi connectivity index (χ2n) is 8.04. The van der Waals surface area contributed by atoms with Crippen LogP contribution in [0.2, 0.25) is 0 Å². The molecule has 0 aliphatic rings. The molecule has 1 atom stereocenters. The molecular weight excluding hydrogens is 446 g/mol. The topological polar surface area (TPSA) is 121 Å². The number of hydrogen-bond donors (Lipinski definition) is 4. The van der Waals surface area contributed by atoms with E-state index in [2.05, 4.69) is 15.6 Å². The molecular formula is C27H25N3O5. The van der Waals surface area contributed by atoms with E-state index in [9.17, 15) is 14.4 Å². The van der Waals surface area contributed by atoms with Crippen molar-refractivity contribution >= 4 is 28.9 Å². The highest BCUT2D eigenvalue weighted by atomic mass is 16.5. The van der Waals surface area contributed by atoms with E-state index >= 15 is 0 Å². The lowest BCUT2D eigenvalue weighted by Crippen LogP contribution is -2.48. The molecule has 0 saturated carbocycles. The van der Waals surface area contributed by atoms with Crippen LogP contribution in [-0.2, 0) is 29.1 Å². The number of para-hydroxylation sites is 1. The van der Waals surface area contributed by atoms with Gasteiger partial charge >= 0.3 is 12.1 Å². The zero-order valence-electron chi connectivity index (χ0n) is 18.9. The van der Waals surface area contributed by atoms with Crippen molar-refractivity contribution in [2.45, 2.75) is 25.6 Å². The minimum absolute atomic E-state index is 0.0873. The number of carbonyl (C=O) groups excluding carboxylic acids is 2. The molecule has 0 bridgehead atoms. The number of rotatable bonds is 9. The molecule has 0 spiro atoms. The van der Waals surface area contributed by atoms with Gasteiger partial charge in [-0.25, -0.2) is 9.59 Å². The maximum Gasteiger partial charge on any atom is 0.408 e. The molecule has 0 saturated heterocycles. The predicted molar refractivity (Wildman–Crippen MR) is 131 cm³/mol. The summed E-state index contributed by atoms with van der Waals surface area (Å²) in [5.41, 5.74) is 3.56. The summed E-state index contributed by atoms with van der Waals surface area (Å²) in [6.07, 6.45) is 1.39. The van der Waals surface area contributed by atoms with Gasteiger partial charge in [-0.1, -0.05) is 60.7 Å². The molecule has 4 N–H and O–H groups in total. The molecule has 0 radical (unpaired) electrons. The van der Waals surface area contributed by atoms with E-state index in [1.54, 1.807) is 12.1 Å². The highest BCUT2D eigenvalue weighted by Crippen LogP contribution is 2.19. The van der Waals surface area contributed by atoms with Gasteiger partial charge in [-0.05, 0) is 34.9 Å². The molecule has 8 nitrogen and oxygen atoms in total. The van der Waals surface area contributed by atoms with Gasteiger partial charge < -0.3 is 25.5 Å². The fourth-order valence-electron chi connectivity index (χ4n) is 3.71. The molecule has 0 aliphatic carbocycles. The fraction of sp³-hybridized carbons (Fsp3) is 0.148. The zero-order valence-corrected chi connectivity index (χ0v) is 18.9. The number of ether oxygens (including phenoxy) is 1. The van der Waals surface area contributed by atoms with Gasteiger partial charge in [-0.3, -0.25) is 4.79 Å². The van der Waals surface area contributed by atoms with Crippen LogP contribution in [0.5, 0.6) is 0 Å². The summed E-state index contributed by atoms with van der Waals surface area (Å²) in [7, 11) is 0. The number of hydrogen-bond acceptors (Lipinski definition) is 4. The number of carboxylic acid groups (broad SMARTS) is 1. The Morgan fingerprint density at radius 3 is 2.34 bits per heavy atom. The van der Waals surface area contributed by atoms with Gasteiger partial charge in [0.15, 0.2) is 0 Å². The number of aromatic carboxylic acids is 1. The van der Waals surface area contributed by atoms with Crippen molar-refractivity contribution in [3.8, 4) is 0 Å². The van der Waals surface area contributed by atoms with Crippen LogP contribution in [0.1, 0.15) is 27.0 Å². The van der Waals surface area contributed by atoms with Crippen LogP contribution >= 0.6 is 0 Å². The number of H-pyrrole nitrogens is 1. The Kier molecular flexibility index (Phi) is 7.42. The number of carboxylic acids is 1. The van der Waals surface area contributed by atoms with E-state index in [-0.39, 0.29) is 31.0 Å². The third-order valence-corrected chi connectivity index (χ3v) is 5.59. The number of fused-ring (bicyclic) bond motifs is 1. The number of aromatic nitrogens is 1. The van der Waals surface area contributed by atoms with Crippen LogP contribution in [0.25, 0.3) is 10.9 Å². The van der Waals surface area contributed by atoms with Gasteiger partial charge in [0.25, 0.3) is 0 Å². The summed E-state index contributed by atoms with van der Waals surface area (Å²) in [5, 5.41) is 15.5. The lowest BCUT2D eigenvalue weighted by atomic mass is 10.0. The SMILES string of the molecule is O=C(N[C@@H](Cc1c[nH]c2ccccc12)C(=O)NCc1ccc(C(=O)O)cc1)OCc1ccccc1. The van der Waals surface area contributed by atoms with E-state index in [1.165, 1.54) is 12.1 Å². The van der Waals surface area contributed by atoms with Crippen molar-refractivity contribution in [1.29, 1.82) is 0 Å². The van der Waals surface area contributed by atoms with Crippen molar-refractivity contribution in [1.82, 2.24) is 15.6 Å². The van der Waals surface area contributed by atoms with Crippen LogP contribution in [-0.4, -0.2) is 34.1 Å². The Morgan fingerprint density at radius 2 is 1.60 bits per heavy atom. The Morgan fingerprint density at radius 1 is 0.886 bits per heavy atom. The molecule has 1 heterocycles. The molecule has 178 valence electrons. The summed E-state index contributed by atoms with van der Waals surface area (Å²) in [6.45, 7) is 0.272. The molecule has 35 heavy (non-hydrogen) atoms. The first-order valence-corrected chi connectivity index (χ1v) is 11.1. The van der Waals surface area contributed by atoms with E-state index < -0.39 is 18.1 Å². The Bertz CT molecular complexity index is 1320. The van der Waals surface area contributed by atoms with Gasteiger partial charge in [-0.2, -0.15) is 0 Å². The summed E-state index contributed by atoms with van der Waals surface area (Å²) in [6, 6.07) is 22.4. The highest BCUT2D eigenvalue weighted by Gasteiger charge is 2.23. The molecule has 0 fully saturated rings. The number of nitrogens with one attached hydrogen (secondary N) is 3. The standard InChI is InChI=1S/C27H25N3O5/c31-25(29-15-18-10-12-20(13-11-18)26(32)33)24(14-21-16-28-23-9-5-4-8-22(21)23)30-27(34)35-17-19-6-2-1-3-7-19/h1-13,16,24,28H,14-15,17H2,(H,29,31)(H,30,34)(H,32,33)/t24-/m0/s1. The first-order chi connectivity index (χ1) is 17.0. The van der Waals surface area contributed by atoms with E-state index in [1.807, 2.05) is 60.8 Å². The van der Waals surface area contributed by atoms with Crippen molar-refractivity contribution in [3.63, 3.8) is 0 Å².